The summed E-state index contributed by atoms with van der Waals surface area (Å²) >= 11 is 0. The van der Waals surface area contributed by atoms with Gasteiger partial charge in [0.05, 0.1) is 6.21 Å². The maximum absolute atomic E-state index is 11.8. The van der Waals surface area contributed by atoms with Gasteiger partial charge in [0.25, 0.3) is 5.91 Å². The van der Waals surface area contributed by atoms with Gasteiger partial charge in [0.15, 0.2) is 6.61 Å². The molecular weight excluding hydrogens is 338 g/mol. The number of rotatable bonds is 10. The SMILES string of the molecule is CCCN(CCC)c1ccc(C=NNC(=O)COc2cccc(C)c2)cc1. The monoisotopic (exact) mass is 367 g/mol. The number of ether oxygens (including phenoxy) is 1. The van der Waals surface area contributed by atoms with E-state index in [0.717, 1.165) is 37.1 Å². The lowest BCUT2D eigenvalue weighted by molar-refractivity contribution is -0.123. The molecule has 2 rings (SSSR count). The fraction of sp³-hybridized carbons (Fsp3) is 0.364. The lowest BCUT2D eigenvalue weighted by atomic mass is 10.2. The third-order valence-electron chi connectivity index (χ3n) is 4.01. The predicted octanol–water partition coefficient (Wildman–Crippen LogP) is 4.15. The summed E-state index contributed by atoms with van der Waals surface area (Å²) in [6.45, 7) is 8.40. The summed E-state index contributed by atoms with van der Waals surface area (Å²) in [5, 5.41) is 4.00. The molecule has 0 unspecified atom stereocenters. The zero-order valence-electron chi connectivity index (χ0n) is 16.4. The van der Waals surface area contributed by atoms with Crippen LogP contribution in [-0.2, 0) is 4.79 Å². The molecule has 5 heteroatoms. The van der Waals surface area contributed by atoms with Crippen LogP contribution in [0.4, 0.5) is 5.69 Å². The van der Waals surface area contributed by atoms with Crippen LogP contribution in [0.15, 0.2) is 53.6 Å². The number of hydrogen-bond acceptors (Lipinski definition) is 4. The molecule has 0 atom stereocenters. The van der Waals surface area contributed by atoms with Crippen LogP contribution in [0.2, 0.25) is 0 Å². The van der Waals surface area contributed by atoms with E-state index in [1.165, 1.54) is 5.69 Å². The molecule has 1 N–H and O–H groups in total. The number of carbonyl (C=O) groups is 1. The first kappa shape index (κ1) is 20.5. The van der Waals surface area contributed by atoms with Crippen molar-refractivity contribution in [3.8, 4) is 5.75 Å². The minimum atomic E-state index is -0.290. The number of amides is 1. The molecule has 0 aliphatic rings. The third kappa shape index (κ3) is 7.13. The van der Waals surface area contributed by atoms with Crippen molar-refractivity contribution in [1.82, 2.24) is 5.43 Å². The average molecular weight is 367 g/mol. The van der Waals surface area contributed by atoms with Gasteiger partial charge in [-0.2, -0.15) is 5.10 Å². The Balaban J connectivity index is 1.82. The van der Waals surface area contributed by atoms with Crippen LogP contribution < -0.4 is 15.1 Å². The highest BCUT2D eigenvalue weighted by molar-refractivity contribution is 5.83. The van der Waals surface area contributed by atoms with Crippen molar-refractivity contribution in [2.75, 3.05) is 24.6 Å². The molecule has 5 nitrogen and oxygen atoms in total. The summed E-state index contributed by atoms with van der Waals surface area (Å²) in [6, 6.07) is 15.8. The molecule has 144 valence electrons. The molecule has 0 bridgehead atoms. The first-order valence-corrected chi connectivity index (χ1v) is 9.48. The number of hydrogen-bond donors (Lipinski definition) is 1. The second-order valence-electron chi connectivity index (χ2n) is 6.48. The Morgan fingerprint density at radius 3 is 2.44 bits per heavy atom. The zero-order valence-corrected chi connectivity index (χ0v) is 16.4. The van der Waals surface area contributed by atoms with Crippen molar-refractivity contribution in [2.24, 2.45) is 5.10 Å². The number of nitrogens with one attached hydrogen (secondary N) is 1. The zero-order chi connectivity index (χ0) is 19.5. The van der Waals surface area contributed by atoms with Gasteiger partial charge in [-0.15, -0.1) is 0 Å². The summed E-state index contributed by atoms with van der Waals surface area (Å²) in [6.07, 6.45) is 3.89. The Hall–Kier alpha value is -2.82. The fourth-order valence-electron chi connectivity index (χ4n) is 2.75. The Bertz CT molecular complexity index is 735. The highest BCUT2D eigenvalue weighted by Crippen LogP contribution is 2.15. The van der Waals surface area contributed by atoms with E-state index in [9.17, 15) is 4.79 Å². The molecule has 0 radical (unpaired) electrons. The second-order valence-corrected chi connectivity index (χ2v) is 6.48. The first-order chi connectivity index (χ1) is 13.1. The highest BCUT2D eigenvalue weighted by atomic mass is 16.5. The van der Waals surface area contributed by atoms with Crippen molar-refractivity contribution >= 4 is 17.8 Å². The number of anilines is 1. The van der Waals surface area contributed by atoms with E-state index < -0.39 is 0 Å². The van der Waals surface area contributed by atoms with E-state index in [0.29, 0.717) is 5.75 Å². The standard InChI is InChI=1S/C22H29N3O2/c1-4-13-25(14-5-2)20-11-9-19(10-12-20)16-23-24-22(26)17-27-21-8-6-7-18(3)15-21/h6-12,15-16H,4-5,13-14,17H2,1-3H3,(H,24,26). The third-order valence-corrected chi connectivity index (χ3v) is 4.01. The van der Waals surface area contributed by atoms with Crippen LogP contribution in [0.3, 0.4) is 0 Å². The van der Waals surface area contributed by atoms with Gasteiger partial charge in [0.2, 0.25) is 0 Å². The van der Waals surface area contributed by atoms with Crippen LogP contribution in [0.1, 0.15) is 37.8 Å². The minimum Gasteiger partial charge on any atom is -0.484 e. The Morgan fingerprint density at radius 2 is 1.81 bits per heavy atom. The normalized spacial score (nSPS) is 10.8. The maximum Gasteiger partial charge on any atom is 0.277 e. The molecule has 0 aliphatic carbocycles. The Morgan fingerprint density at radius 1 is 1.11 bits per heavy atom. The predicted molar refractivity (Wildman–Crippen MR) is 112 cm³/mol. The number of hydrazone groups is 1. The Labute approximate surface area is 162 Å². The van der Waals surface area contributed by atoms with Gasteiger partial charge in [-0.3, -0.25) is 4.79 Å². The average Bonchev–Trinajstić information content (AvgIpc) is 2.67. The van der Waals surface area contributed by atoms with Crippen molar-refractivity contribution in [3.63, 3.8) is 0 Å². The number of aryl methyl sites for hydroxylation is 1. The largest absolute Gasteiger partial charge is 0.484 e. The number of carbonyl (C=O) groups excluding carboxylic acids is 1. The molecule has 0 saturated heterocycles. The first-order valence-electron chi connectivity index (χ1n) is 9.48. The van der Waals surface area contributed by atoms with E-state index in [1.807, 2.05) is 43.3 Å². The van der Waals surface area contributed by atoms with Crippen LogP contribution in [0.5, 0.6) is 5.75 Å². The van der Waals surface area contributed by atoms with Gasteiger partial charge < -0.3 is 9.64 Å². The summed E-state index contributed by atoms with van der Waals surface area (Å²) in [7, 11) is 0. The van der Waals surface area contributed by atoms with Crippen LogP contribution >= 0.6 is 0 Å². The lowest BCUT2D eigenvalue weighted by Crippen LogP contribution is -2.25. The minimum absolute atomic E-state index is 0.0667. The number of nitrogens with zero attached hydrogens (tertiary/aromatic N) is 2. The van der Waals surface area contributed by atoms with E-state index in [1.54, 1.807) is 6.21 Å². The van der Waals surface area contributed by atoms with E-state index in [4.69, 9.17) is 4.74 Å². The summed E-state index contributed by atoms with van der Waals surface area (Å²) < 4.78 is 5.45. The van der Waals surface area contributed by atoms with Crippen LogP contribution in [-0.4, -0.2) is 31.8 Å². The van der Waals surface area contributed by atoms with Gasteiger partial charge in [-0.05, 0) is 55.2 Å². The topological polar surface area (TPSA) is 53.9 Å². The number of benzene rings is 2. The van der Waals surface area contributed by atoms with Gasteiger partial charge >= 0.3 is 0 Å². The molecule has 2 aromatic rings. The van der Waals surface area contributed by atoms with E-state index in [-0.39, 0.29) is 12.5 Å². The molecule has 0 heterocycles. The smallest absolute Gasteiger partial charge is 0.277 e. The summed E-state index contributed by atoms with van der Waals surface area (Å²) in [4.78, 5) is 14.2. The van der Waals surface area contributed by atoms with Gasteiger partial charge in [-0.1, -0.05) is 38.1 Å². The molecule has 27 heavy (non-hydrogen) atoms. The molecular formula is C22H29N3O2. The molecule has 0 fully saturated rings. The molecule has 2 aromatic carbocycles. The quantitative estimate of drug-likeness (QED) is 0.507. The molecule has 0 saturated carbocycles. The van der Waals surface area contributed by atoms with Gasteiger partial charge in [0.1, 0.15) is 5.75 Å². The van der Waals surface area contributed by atoms with Crippen molar-refractivity contribution < 1.29 is 9.53 Å². The Kier molecular flexibility index (Phi) is 8.36. The molecule has 0 aromatic heterocycles. The summed E-state index contributed by atoms with van der Waals surface area (Å²) in [5.41, 5.74) is 5.73. The van der Waals surface area contributed by atoms with E-state index >= 15 is 0 Å². The second kappa shape index (κ2) is 11.0. The van der Waals surface area contributed by atoms with Gasteiger partial charge in [-0.25, -0.2) is 5.43 Å². The maximum atomic E-state index is 11.8. The highest BCUT2D eigenvalue weighted by Gasteiger charge is 2.04. The van der Waals surface area contributed by atoms with Crippen molar-refractivity contribution in [2.45, 2.75) is 33.6 Å². The molecule has 0 aliphatic heterocycles. The summed E-state index contributed by atoms with van der Waals surface area (Å²) in [5.74, 6) is 0.384. The fourth-order valence-corrected chi connectivity index (χ4v) is 2.75. The molecule has 0 spiro atoms. The van der Waals surface area contributed by atoms with Crippen molar-refractivity contribution in [1.29, 1.82) is 0 Å². The van der Waals surface area contributed by atoms with Crippen molar-refractivity contribution in [3.05, 3.63) is 59.7 Å². The molecule has 1 amide bonds. The van der Waals surface area contributed by atoms with E-state index in [2.05, 4.69) is 41.4 Å². The lowest BCUT2D eigenvalue weighted by Gasteiger charge is -2.23. The van der Waals surface area contributed by atoms with Crippen LogP contribution in [0.25, 0.3) is 0 Å². The van der Waals surface area contributed by atoms with Crippen LogP contribution in [0, 0.1) is 6.92 Å². The van der Waals surface area contributed by atoms with Gasteiger partial charge in [0, 0.05) is 18.8 Å².